The van der Waals surface area contributed by atoms with Crippen molar-refractivity contribution in [3.8, 4) is 17.1 Å². The van der Waals surface area contributed by atoms with Crippen LogP contribution in [0.1, 0.15) is 0 Å². The van der Waals surface area contributed by atoms with E-state index in [1.165, 1.54) is 0 Å². The Labute approximate surface area is 128 Å². The smallest absolute Gasteiger partial charge is 0.188 e. The number of hydrogen-bond acceptors (Lipinski definition) is 4. The average molecular weight is 351 g/mol. The molecule has 0 fully saturated rings. The second-order valence-corrected chi connectivity index (χ2v) is 5.31. The number of para-hydroxylation sites is 1. The minimum Gasteiger partial charge on any atom is -0.398 e. The minimum atomic E-state index is 0.440. The highest BCUT2D eigenvalue weighted by Gasteiger charge is 2.16. The van der Waals surface area contributed by atoms with Crippen molar-refractivity contribution in [2.24, 2.45) is 0 Å². The number of benzene rings is 2. The zero-order valence-corrected chi connectivity index (χ0v) is 12.5. The molecule has 1 aromatic heterocycles. The molecule has 2 N–H and O–H groups in total. The van der Waals surface area contributed by atoms with Crippen molar-refractivity contribution in [2.75, 3.05) is 5.73 Å². The molecule has 1 heterocycles. The van der Waals surface area contributed by atoms with Crippen LogP contribution in [0.15, 0.2) is 46.9 Å². The predicted molar refractivity (Wildman–Crippen MR) is 81.7 cm³/mol. The monoisotopic (exact) mass is 349 g/mol. The van der Waals surface area contributed by atoms with Crippen LogP contribution in [0.5, 0.6) is 0 Å². The lowest BCUT2D eigenvalue weighted by atomic mass is 10.2. The second kappa shape index (κ2) is 5.22. The fraction of sp³-hybridized carbons (Fsp3) is 0. The molecule has 20 heavy (non-hydrogen) atoms. The van der Waals surface area contributed by atoms with Gasteiger partial charge in [0.05, 0.1) is 16.4 Å². The number of rotatable bonds is 2. The molecule has 0 aliphatic rings. The van der Waals surface area contributed by atoms with Gasteiger partial charge >= 0.3 is 0 Å². The third-order valence-corrected chi connectivity index (χ3v) is 3.91. The van der Waals surface area contributed by atoms with Crippen LogP contribution < -0.4 is 5.73 Å². The Bertz CT molecular complexity index is 771. The number of hydrogen-bond donors (Lipinski definition) is 1. The number of anilines is 1. The molecule has 7 heteroatoms. The largest absolute Gasteiger partial charge is 0.398 e. The Morgan fingerprint density at radius 1 is 1.10 bits per heavy atom. The summed E-state index contributed by atoms with van der Waals surface area (Å²) in [6, 6.07) is 13.0. The van der Waals surface area contributed by atoms with Crippen LogP contribution in [0.25, 0.3) is 17.1 Å². The Balaban J connectivity index is 2.21. The van der Waals surface area contributed by atoms with Crippen LogP contribution in [0.2, 0.25) is 5.02 Å². The molecule has 0 aliphatic carbocycles. The molecule has 0 aliphatic heterocycles. The van der Waals surface area contributed by atoms with Gasteiger partial charge in [-0.3, -0.25) is 0 Å². The maximum Gasteiger partial charge on any atom is 0.188 e. The predicted octanol–water partition coefficient (Wildman–Crippen LogP) is 3.33. The first-order valence-corrected chi connectivity index (χ1v) is 6.93. The van der Waals surface area contributed by atoms with Crippen LogP contribution in [-0.2, 0) is 0 Å². The molecular formula is C13H9BrClN5. The van der Waals surface area contributed by atoms with E-state index in [1.807, 2.05) is 36.4 Å². The fourth-order valence-electron chi connectivity index (χ4n) is 1.86. The fourth-order valence-corrected chi connectivity index (χ4v) is 2.53. The molecule has 2 aromatic carbocycles. The second-order valence-electron chi connectivity index (χ2n) is 4.07. The van der Waals surface area contributed by atoms with Gasteiger partial charge in [-0.05, 0) is 50.6 Å². The molecule has 0 saturated heterocycles. The molecule has 3 aromatic rings. The van der Waals surface area contributed by atoms with E-state index >= 15 is 0 Å². The summed E-state index contributed by atoms with van der Waals surface area (Å²) < 4.78 is 2.50. The summed E-state index contributed by atoms with van der Waals surface area (Å²) in [5.41, 5.74) is 7.83. The van der Waals surface area contributed by atoms with Gasteiger partial charge in [0.1, 0.15) is 0 Å². The van der Waals surface area contributed by atoms with Crippen molar-refractivity contribution in [1.29, 1.82) is 0 Å². The van der Waals surface area contributed by atoms with Crippen LogP contribution in [0, 0.1) is 0 Å². The molecule has 100 valence electrons. The third-order valence-electron chi connectivity index (χ3n) is 2.82. The number of halogens is 2. The van der Waals surface area contributed by atoms with Gasteiger partial charge < -0.3 is 5.73 Å². The van der Waals surface area contributed by atoms with Gasteiger partial charge in [-0.1, -0.05) is 29.8 Å². The van der Waals surface area contributed by atoms with Gasteiger partial charge in [0.15, 0.2) is 5.82 Å². The zero-order valence-electron chi connectivity index (χ0n) is 10.2. The summed E-state index contributed by atoms with van der Waals surface area (Å²) in [7, 11) is 0. The molecule has 3 rings (SSSR count). The van der Waals surface area contributed by atoms with Crippen molar-refractivity contribution < 1.29 is 0 Å². The molecule has 0 amide bonds. The molecular weight excluding hydrogens is 342 g/mol. The average Bonchev–Trinajstić information content (AvgIpc) is 2.91. The van der Waals surface area contributed by atoms with Crippen LogP contribution in [0.3, 0.4) is 0 Å². The first-order valence-electron chi connectivity index (χ1n) is 5.76. The van der Waals surface area contributed by atoms with Gasteiger partial charge in [0.25, 0.3) is 0 Å². The molecule has 0 saturated carbocycles. The highest BCUT2D eigenvalue weighted by Crippen LogP contribution is 2.32. The minimum absolute atomic E-state index is 0.440. The van der Waals surface area contributed by atoms with Gasteiger partial charge in [-0.2, -0.15) is 4.68 Å². The summed E-state index contributed by atoms with van der Waals surface area (Å²) in [6.45, 7) is 0. The quantitative estimate of drug-likeness (QED) is 0.720. The van der Waals surface area contributed by atoms with Gasteiger partial charge in [0.2, 0.25) is 0 Å². The van der Waals surface area contributed by atoms with E-state index in [4.69, 9.17) is 17.3 Å². The lowest BCUT2D eigenvalue weighted by Gasteiger charge is -2.08. The standard InChI is InChI=1S/C13H9BrClN5/c14-9-5-1-2-7-11(9)20-13(17-18-19-20)8-4-3-6-10(16)12(8)15/h1-7H,16H2. The Hall–Kier alpha value is -1.92. The summed E-state index contributed by atoms with van der Waals surface area (Å²) in [4.78, 5) is 0. The summed E-state index contributed by atoms with van der Waals surface area (Å²) >= 11 is 9.72. The molecule has 0 atom stereocenters. The Kier molecular flexibility index (Phi) is 3.42. The van der Waals surface area contributed by atoms with Crippen molar-refractivity contribution in [1.82, 2.24) is 20.2 Å². The number of nitrogens with zero attached hydrogens (tertiary/aromatic N) is 4. The maximum atomic E-state index is 6.24. The zero-order chi connectivity index (χ0) is 14.1. The van der Waals surface area contributed by atoms with E-state index in [2.05, 4.69) is 31.5 Å². The molecule has 5 nitrogen and oxygen atoms in total. The highest BCUT2D eigenvalue weighted by atomic mass is 79.9. The topological polar surface area (TPSA) is 69.6 Å². The van der Waals surface area contributed by atoms with Crippen LogP contribution in [-0.4, -0.2) is 20.2 Å². The van der Waals surface area contributed by atoms with E-state index in [9.17, 15) is 0 Å². The Morgan fingerprint density at radius 3 is 2.70 bits per heavy atom. The molecule has 0 spiro atoms. The van der Waals surface area contributed by atoms with Gasteiger partial charge in [-0.25, -0.2) is 0 Å². The number of aromatic nitrogens is 4. The van der Waals surface area contributed by atoms with E-state index in [1.54, 1.807) is 10.7 Å². The number of tetrazole rings is 1. The number of nitrogens with two attached hydrogens (primary N) is 1. The normalized spacial score (nSPS) is 10.7. The SMILES string of the molecule is Nc1cccc(-c2nnnn2-c2ccccc2Br)c1Cl. The van der Waals surface area contributed by atoms with E-state index in [0.29, 0.717) is 22.1 Å². The van der Waals surface area contributed by atoms with Crippen molar-refractivity contribution >= 4 is 33.2 Å². The van der Waals surface area contributed by atoms with Crippen molar-refractivity contribution in [2.45, 2.75) is 0 Å². The molecule has 0 radical (unpaired) electrons. The lowest BCUT2D eigenvalue weighted by molar-refractivity contribution is 0.789. The summed E-state index contributed by atoms with van der Waals surface area (Å²) in [5.74, 6) is 0.536. The van der Waals surface area contributed by atoms with Crippen LogP contribution >= 0.6 is 27.5 Å². The van der Waals surface area contributed by atoms with E-state index in [0.717, 1.165) is 10.2 Å². The molecule has 0 unspecified atom stereocenters. The number of nitrogen functional groups attached to an aromatic ring is 1. The van der Waals surface area contributed by atoms with Gasteiger partial charge in [-0.15, -0.1) is 5.10 Å². The first kappa shape index (κ1) is 13.1. The van der Waals surface area contributed by atoms with E-state index in [-0.39, 0.29) is 0 Å². The first-order chi connectivity index (χ1) is 9.68. The molecule has 0 bridgehead atoms. The van der Waals surface area contributed by atoms with Crippen molar-refractivity contribution in [3.63, 3.8) is 0 Å². The summed E-state index contributed by atoms with van der Waals surface area (Å²) in [6.07, 6.45) is 0. The highest BCUT2D eigenvalue weighted by molar-refractivity contribution is 9.10. The lowest BCUT2D eigenvalue weighted by Crippen LogP contribution is -2.01. The maximum absolute atomic E-state index is 6.24. The Morgan fingerprint density at radius 2 is 1.90 bits per heavy atom. The van der Waals surface area contributed by atoms with Crippen molar-refractivity contribution in [3.05, 3.63) is 52.0 Å². The van der Waals surface area contributed by atoms with Crippen LogP contribution in [0.4, 0.5) is 5.69 Å². The van der Waals surface area contributed by atoms with Gasteiger partial charge in [0, 0.05) is 10.0 Å². The van der Waals surface area contributed by atoms with E-state index < -0.39 is 0 Å². The summed E-state index contributed by atoms with van der Waals surface area (Å²) in [5, 5.41) is 12.2. The third kappa shape index (κ3) is 2.17.